The number of benzene rings is 1. The lowest BCUT2D eigenvalue weighted by atomic mass is 9.85. The third kappa shape index (κ3) is 3.53. The maximum absolute atomic E-state index is 11.7. The Morgan fingerprint density at radius 2 is 2.05 bits per heavy atom. The summed E-state index contributed by atoms with van der Waals surface area (Å²) in [6.45, 7) is 4.41. The number of carbonyl (C=O) groups is 1. The van der Waals surface area contributed by atoms with Crippen LogP contribution in [0.5, 0.6) is 0 Å². The highest BCUT2D eigenvalue weighted by Gasteiger charge is 2.28. The Balaban J connectivity index is 2.04. The highest BCUT2D eigenvalue weighted by atomic mass is 16.5. The molecule has 2 unspecified atom stereocenters. The fourth-order valence-corrected chi connectivity index (χ4v) is 3.05. The average Bonchev–Trinajstić information content (AvgIpc) is 2.47. The molecule has 3 nitrogen and oxygen atoms in total. The minimum absolute atomic E-state index is 0.0532. The van der Waals surface area contributed by atoms with Crippen LogP contribution in [0.15, 0.2) is 24.3 Å². The molecule has 1 aliphatic carbocycles. The van der Waals surface area contributed by atoms with Crippen LogP contribution in [0.4, 0.5) is 5.69 Å². The molecule has 1 aliphatic rings. The van der Waals surface area contributed by atoms with Crippen LogP contribution >= 0.6 is 0 Å². The smallest absolute Gasteiger partial charge is 0.308 e. The van der Waals surface area contributed by atoms with Crippen molar-refractivity contribution in [2.75, 3.05) is 12.4 Å². The van der Waals surface area contributed by atoms with Gasteiger partial charge in [0.15, 0.2) is 0 Å². The number of para-hydroxylation sites is 1. The highest BCUT2D eigenvalue weighted by Crippen LogP contribution is 2.30. The van der Waals surface area contributed by atoms with Gasteiger partial charge >= 0.3 is 5.97 Å². The van der Waals surface area contributed by atoms with E-state index in [0.717, 1.165) is 25.7 Å². The van der Waals surface area contributed by atoms with E-state index in [4.69, 9.17) is 4.74 Å². The lowest BCUT2D eigenvalue weighted by molar-refractivity contribution is -0.146. The molecule has 2 rings (SSSR count). The molecule has 2 atom stereocenters. The van der Waals surface area contributed by atoms with Gasteiger partial charge in [-0.15, -0.1) is 0 Å². The lowest BCUT2D eigenvalue weighted by Crippen LogP contribution is -2.31. The molecule has 110 valence electrons. The van der Waals surface area contributed by atoms with Gasteiger partial charge < -0.3 is 10.1 Å². The second-order valence-corrected chi connectivity index (χ2v) is 5.97. The van der Waals surface area contributed by atoms with Gasteiger partial charge in [0.1, 0.15) is 0 Å². The predicted molar refractivity (Wildman–Crippen MR) is 81.9 cm³/mol. The van der Waals surface area contributed by atoms with E-state index in [1.54, 1.807) is 0 Å². The number of ether oxygens (including phenoxy) is 1. The van der Waals surface area contributed by atoms with E-state index in [1.165, 1.54) is 18.4 Å². The van der Waals surface area contributed by atoms with E-state index < -0.39 is 0 Å². The molecule has 1 aromatic carbocycles. The maximum atomic E-state index is 11.7. The van der Waals surface area contributed by atoms with Crippen molar-refractivity contribution in [1.82, 2.24) is 0 Å². The van der Waals surface area contributed by atoms with Gasteiger partial charge in [0.25, 0.3) is 0 Å². The minimum atomic E-state index is -0.0614. The first-order valence-corrected chi connectivity index (χ1v) is 7.55. The third-order valence-corrected chi connectivity index (χ3v) is 4.15. The largest absolute Gasteiger partial charge is 0.469 e. The van der Waals surface area contributed by atoms with Crippen LogP contribution in [0.25, 0.3) is 0 Å². The molecular formula is C17H25NO2. The Morgan fingerprint density at radius 1 is 1.30 bits per heavy atom. The molecule has 0 saturated heterocycles. The van der Waals surface area contributed by atoms with Crippen LogP contribution in [0, 0.1) is 5.92 Å². The molecule has 3 heteroatoms. The lowest BCUT2D eigenvalue weighted by Gasteiger charge is -2.30. The van der Waals surface area contributed by atoms with E-state index in [0.29, 0.717) is 12.0 Å². The Morgan fingerprint density at radius 3 is 2.75 bits per heavy atom. The van der Waals surface area contributed by atoms with Crippen molar-refractivity contribution in [3.8, 4) is 0 Å². The van der Waals surface area contributed by atoms with E-state index in [-0.39, 0.29) is 11.9 Å². The first kappa shape index (κ1) is 14.9. The van der Waals surface area contributed by atoms with Gasteiger partial charge in [-0.3, -0.25) is 4.79 Å². The Hall–Kier alpha value is -1.51. The molecule has 0 amide bonds. The van der Waals surface area contributed by atoms with Gasteiger partial charge in [0.2, 0.25) is 0 Å². The second-order valence-electron chi connectivity index (χ2n) is 5.97. The standard InChI is InChI=1S/C17H25NO2/c1-12(2)15-9-4-5-10-16(15)18-14-8-6-7-13(11-14)17(19)20-3/h4-5,9-10,12-14,18H,6-8,11H2,1-3H3. The highest BCUT2D eigenvalue weighted by molar-refractivity contribution is 5.72. The van der Waals surface area contributed by atoms with Crippen molar-refractivity contribution >= 4 is 11.7 Å². The van der Waals surface area contributed by atoms with Crippen molar-refractivity contribution in [3.05, 3.63) is 29.8 Å². The number of methoxy groups -OCH3 is 1. The number of anilines is 1. The summed E-state index contributed by atoms with van der Waals surface area (Å²) < 4.78 is 4.88. The zero-order valence-corrected chi connectivity index (χ0v) is 12.7. The minimum Gasteiger partial charge on any atom is -0.469 e. The van der Waals surface area contributed by atoms with Crippen LogP contribution in [0.2, 0.25) is 0 Å². The summed E-state index contributed by atoms with van der Waals surface area (Å²) in [5, 5.41) is 3.63. The van der Waals surface area contributed by atoms with Gasteiger partial charge in [-0.25, -0.2) is 0 Å². The number of carbonyl (C=O) groups excluding carboxylic acids is 1. The summed E-state index contributed by atoms with van der Waals surface area (Å²) in [6.07, 6.45) is 4.04. The van der Waals surface area contributed by atoms with E-state index in [1.807, 2.05) is 0 Å². The first-order valence-electron chi connectivity index (χ1n) is 7.55. The van der Waals surface area contributed by atoms with Crippen LogP contribution in [-0.4, -0.2) is 19.1 Å². The van der Waals surface area contributed by atoms with Gasteiger partial charge in [-0.2, -0.15) is 0 Å². The van der Waals surface area contributed by atoms with Crippen molar-refractivity contribution in [3.63, 3.8) is 0 Å². The fourth-order valence-electron chi connectivity index (χ4n) is 3.05. The van der Waals surface area contributed by atoms with Crippen LogP contribution in [0.3, 0.4) is 0 Å². The summed E-state index contributed by atoms with van der Waals surface area (Å²) in [5.41, 5.74) is 2.55. The average molecular weight is 275 g/mol. The second kappa shape index (κ2) is 6.78. The molecule has 1 fully saturated rings. The van der Waals surface area contributed by atoms with Gasteiger partial charge in [-0.1, -0.05) is 38.5 Å². The van der Waals surface area contributed by atoms with Crippen molar-refractivity contribution < 1.29 is 9.53 Å². The Labute approximate surface area is 121 Å². The molecule has 0 heterocycles. The normalized spacial score (nSPS) is 22.6. The van der Waals surface area contributed by atoms with Crippen LogP contribution in [0.1, 0.15) is 51.0 Å². The molecular weight excluding hydrogens is 250 g/mol. The first-order chi connectivity index (χ1) is 9.61. The molecule has 0 spiro atoms. The summed E-state index contributed by atoms with van der Waals surface area (Å²) in [4.78, 5) is 11.7. The Bertz CT molecular complexity index is 456. The monoisotopic (exact) mass is 275 g/mol. The van der Waals surface area contributed by atoms with E-state index >= 15 is 0 Å². The predicted octanol–water partition coefficient (Wildman–Crippen LogP) is 3.95. The number of esters is 1. The van der Waals surface area contributed by atoms with Gasteiger partial charge in [0.05, 0.1) is 13.0 Å². The molecule has 0 aliphatic heterocycles. The van der Waals surface area contributed by atoms with Crippen molar-refractivity contribution in [2.24, 2.45) is 5.92 Å². The summed E-state index contributed by atoms with van der Waals surface area (Å²) in [6, 6.07) is 8.82. The summed E-state index contributed by atoms with van der Waals surface area (Å²) in [5.74, 6) is 0.491. The SMILES string of the molecule is COC(=O)C1CCCC(Nc2ccccc2C(C)C)C1. The van der Waals surface area contributed by atoms with Gasteiger partial charge in [-0.05, 0) is 36.8 Å². The number of hydrogen-bond acceptors (Lipinski definition) is 3. The molecule has 0 aromatic heterocycles. The van der Waals surface area contributed by atoms with Crippen LogP contribution in [-0.2, 0) is 9.53 Å². The number of hydrogen-bond donors (Lipinski definition) is 1. The molecule has 1 aromatic rings. The van der Waals surface area contributed by atoms with Crippen molar-refractivity contribution in [2.45, 2.75) is 51.5 Å². The fraction of sp³-hybridized carbons (Fsp3) is 0.588. The Kier molecular flexibility index (Phi) is 5.05. The number of nitrogens with one attached hydrogen (secondary N) is 1. The molecule has 0 radical (unpaired) electrons. The summed E-state index contributed by atoms with van der Waals surface area (Å²) in [7, 11) is 1.48. The number of rotatable bonds is 4. The van der Waals surface area contributed by atoms with E-state index in [2.05, 4.69) is 43.4 Å². The van der Waals surface area contributed by atoms with Gasteiger partial charge in [0, 0.05) is 11.7 Å². The third-order valence-electron chi connectivity index (χ3n) is 4.15. The molecule has 0 bridgehead atoms. The zero-order chi connectivity index (χ0) is 14.5. The zero-order valence-electron chi connectivity index (χ0n) is 12.7. The van der Waals surface area contributed by atoms with E-state index in [9.17, 15) is 4.79 Å². The summed E-state index contributed by atoms with van der Waals surface area (Å²) >= 11 is 0. The van der Waals surface area contributed by atoms with Crippen LogP contribution < -0.4 is 5.32 Å². The molecule has 1 saturated carbocycles. The molecule has 1 N–H and O–H groups in total. The topological polar surface area (TPSA) is 38.3 Å². The molecule has 20 heavy (non-hydrogen) atoms. The van der Waals surface area contributed by atoms with Crippen molar-refractivity contribution in [1.29, 1.82) is 0 Å². The quantitative estimate of drug-likeness (QED) is 0.845. The maximum Gasteiger partial charge on any atom is 0.308 e.